The quantitative estimate of drug-likeness (QED) is 0.143. The average Bonchev–Trinajstić information content (AvgIpc) is 3.41. The number of aromatic nitrogens is 3. The van der Waals surface area contributed by atoms with E-state index in [1.807, 2.05) is 12.1 Å². The Hall–Kier alpha value is -8.79. The van der Waals surface area contributed by atoms with E-state index >= 15 is 0 Å². The topological polar surface area (TPSA) is 38.7 Å². The first-order chi connectivity index (χ1) is 32.7. The predicted octanol–water partition coefficient (Wildman–Crippen LogP) is 16.7. The summed E-state index contributed by atoms with van der Waals surface area (Å²) in [6.45, 7) is 0. The minimum absolute atomic E-state index is 0.684. The summed E-state index contributed by atoms with van der Waals surface area (Å²) in [7, 11) is 0. The standard InChI is InChI=1S/C63H41N3/c1-4-14-42(15-5-1)44-24-30-50(31-25-44)60-41-61(51-32-26-45(27-33-51)43-16-6-2-7-17-43)66-63(65-60)56-38-37-52(54-22-12-13-23-55(54)56)48-28-34-49(35-29-48)59-40-57(46-18-8-3-9-19-46)62-53-21-11-10-20-47(53)36-39-58(62)64-59/h1-41H. The number of rotatable bonds is 8. The van der Waals surface area contributed by atoms with Crippen LogP contribution in [0.15, 0.2) is 249 Å². The largest absolute Gasteiger partial charge is 0.248 e. The first-order valence-corrected chi connectivity index (χ1v) is 22.4. The van der Waals surface area contributed by atoms with Crippen LogP contribution in [0.4, 0.5) is 0 Å². The highest BCUT2D eigenvalue weighted by Gasteiger charge is 2.17. The molecule has 0 atom stereocenters. The molecule has 0 N–H and O–H groups in total. The molecule has 0 fully saturated rings. The molecule has 2 heterocycles. The zero-order chi connectivity index (χ0) is 43.8. The predicted molar refractivity (Wildman–Crippen MR) is 276 cm³/mol. The van der Waals surface area contributed by atoms with E-state index in [1.54, 1.807) is 0 Å². The molecule has 0 saturated heterocycles. The van der Waals surface area contributed by atoms with E-state index in [2.05, 4.69) is 237 Å². The smallest absolute Gasteiger partial charge is 0.161 e. The molecular formula is C63H41N3. The molecule has 3 heteroatoms. The molecule has 0 saturated carbocycles. The fraction of sp³-hybridized carbons (Fsp3) is 0. The molecule has 0 aliphatic heterocycles. The lowest BCUT2D eigenvalue weighted by molar-refractivity contribution is 1.19. The van der Waals surface area contributed by atoms with E-state index in [0.717, 1.165) is 66.8 Å². The first-order valence-electron chi connectivity index (χ1n) is 22.4. The van der Waals surface area contributed by atoms with Crippen LogP contribution in [0.2, 0.25) is 0 Å². The summed E-state index contributed by atoms with van der Waals surface area (Å²) in [5.74, 6) is 0.684. The molecule has 66 heavy (non-hydrogen) atoms. The molecule has 0 amide bonds. The van der Waals surface area contributed by atoms with Gasteiger partial charge >= 0.3 is 0 Å². The zero-order valence-corrected chi connectivity index (χ0v) is 36.0. The van der Waals surface area contributed by atoms with Crippen LogP contribution < -0.4 is 0 Å². The number of fused-ring (bicyclic) bond motifs is 4. The number of hydrogen-bond donors (Lipinski definition) is 0. The molecule has 2 aromatic heterocycles. The van der Waals surface area contributed by atoms with Crippen LogP contribution in [0.5, 0.6) is 0 Å². The monoisotopic (exact) mass is 839 g/mol. The second kappa shape index (κ2) is 16.7. The van der Waals surface area contributed by atoms with E-state index < -0.39 is 0 Å². The highest BCUT2D eigenvalue weighted by molar-refractivity contribution is 6.14. The summed E-state index contributed by atoms with van der Waals surface area (Å²) in [6, 6.07) is 88.1. The van der Waals surface area contributed by atoms with Gasteiger partial charge in [0.15, 0.2) is 5.82 Å². The van der Waals surface area contributed by atoms with Gasteiger partial charge in [0, 0.05) is 27.6 Å². The van der Waals surface area contributed by atoms with Gasteiger partial charge in [0.25, 0.3) is 0 Å². The van der Waals surface area contributed by atoms with Gasteiger partial charge in [-0.2, -0.15) is 0 Å². The summed E-state index contributed by atoms with van der Waals surface area (Å²) in [5.41, 5.74) is 17.1. The van der Waals surface area contributed by atoms with Crippen LogP contribution >= 0.6 is 0 Å². The summed E-state index contributed by atoms with van der Waals surface area (Å²) in [5, 5.41) is 5.83. The third kappa shape index (κ3) is 7.29. The lowest BCUT2D eigenvalue weighted by atomic mass is 9.92. The molecule has 0 bridgehead atoms. The van der Waals surface area contributed by atoms with E-state index in [9.17, 15) is 0 Å². The van der Waals surface area contributed by atoms with Crippen molar-refractivity contribution in [3.63, 3.8) is 0 Å². The number of benzene rings is 10. The molecule has 12 rings (SSSR count). The maximum absolute atomic E-state index is 5.31. The fourth-order valence-electron chi connectivity index (χ4n) is 9.36. The van der Waals surface area contributed by atoms with Gasteiger partial charge < -0.3 is 0 Å². The van der Waals surface area contributed by atoms with Crippen molar-refractivity contribution in [1.29, 1.82) is 0 Å². The van der Waals surface area contributed by atoms with Crippen molar-refractivity contribution in [1.82, 2.24) is 15.0 Å². The lowest BCUT2D eigenvalue weighted by Gasteiger charge is -2.15. The van der Waals surface area contributed by atoms with Crippen LogP contribution in [0.1, 0.15) is 0 Å². The van der Waals surface area contributed by atoms with Crippen molar-refractivity contribution in [3.05, 3.63) is 249 Å². The summed E-state index contributed by atoms with van der Waals surface area (Å²) < 4.78 is 0. The van der Waals surface area contributed by atoms with E-state index in [4.69, 9.17) is 15.0 Å². The molecule has 0 unspecified atom stereocenters. The Labute approximate surface area is 384 Å². The van der Waals surface area contributed by atoms with Crippen molar-refractivity contribution in [2.24, 2.45) is 0 Å². The summed E-state index contributed by atoms with van der Waals surface area (Å²) in [4.78, 5) is 15.9. The normalized spacial score (nSPS) is 11.3. The van der Waals surface area contributed by atoms with Gasteiger partial charge in [-0.15, -0.1) is 0 Å². The van der Waals surface area contributed by atoms with Crippen molar-refractivity contribution in [2.75, 3.05) is 0 Å². The Morgan fingerprint density at radius 3 is 1.18 bits per heavy atom. The molecule has 12 aromatic rings. The Bertz CT molecular complexity index is 3600. The maximum Gasteiger partial charge on any atom is 0.161 e. The zero-order valence-electron chi connectivity index (χ0n) is 36.0. The van der Waals surface area contributed by atoms with Gasteiger partial charge in [-0.3, -0.25) is 0 Å². The van der Waals surface area contributed by atoms with Gasteiger partial charge in [-0.25, -0.2) is 15.0 Å². The highest BCUT2D eigenvalue weighted by Crippen LogP contribution is 2.40. The SMILES string of the molecule is c1ccc(-c2ccc(-c3cc(-c4ccc(-c5ccccc5)cc4)nc(-c4ccc(-c5ccc(-c6cc(-c7ccccc7)c7c(ccc8ccccc87)n6)cc5)c5ccccc45)n3)cc2)cc1. The Morgan fingerprint density at radius 1 is 0.227 bits per heavy atom. The Kier molecular flexibility index (Phi) is 9.85. The fourth-order valence-corrected chi connectivity index (χ4v) is 9.36. The van der Waals surface area contributed by atoms with E-state index in [0.29, 0.717) is 5.82 Å². The number of nitrogens with zero attached hydrogens (tertiary/aromatic N) is 3. The van der Waals surface area contributed by atoms with Crippen molar-refractivity contribution < 1.29 is 0 Å². The molecule has 0 aliphatic rings. The van der Waals surface area contributed by atoms with Gasteiger partial charge in [-0.1, -0.05) is 224 Å². The van der Waals surface area contributed by atoms with Gasteiger partial charge in [0.05, 0.1) is 22.6 Å². The van der Waals surface area contributed by atoms with Gasteiger partial charge in [0.2, 0.25) is 0 Å². The molecule has 0 spiro atoms. The second-order valence-electron chi connectivity index (χ2n) is 16.7. The molecule has 3 nitrogen and oxygen atoms in total. The number of hydrogen-bond acceptors (Lipinski definition) is 3. The minimum Gasteiger partial charge on any atom is -0.248 e. The summed E-state index contributed by atoms with van der Waals surface area (Å²) >= 11 is 0. The van der Waals surface area contributed by atoms with Crippen LogP contribution in [0, 0.1) is 0 Å². The summed E-state index contributed by atoms with van der Waals surface area (Å²) in [6.07, 6.45) is 0. The number of pyridine rings is 1. The Morgan fingerprint density at radius 2 is 0.621 bits per heavy atom. The molecule has 10 aromatic carbocycles. The maximum atomic E-state index is 5.31. The molecule has 308 valence electrons. The van der Waals surface area contributed by atoms with Crippen molar-refractivity contribution in [2.45, 2.75) is 0 Å². The third-order valence-corrected chi connectivity index (χ3v) is 12.7. The van der Waals surface area contributed by atoms with Gasteiger partial charge in [-0.05, 0) is 90.3 Å². The minimum atomic E-state index is 0.684. The average molecular weight is 840 g/mol. The molecular weight excluding hydrogens is 799 g/mol. The molecule has 0 radical (unpaired) electrons. The van der Waals surface area contributed by atoms with Gasteiger partial charge in [0.1, 0.15) is 0 Å². The van der Waals surface area contributed by atoms with E-state index in [1.165, 1.54) is 49.5 Å². The van der Waals surface area contributed by atoms with Crippen LogP contribution in [0.3, 0.4) is 0 Å². The Balaban J connectivity index is 0.939. The highest BCUT2D eigenvalue weighted by atomic mass is 14.9. The van der Waals surface area contributed by atoms with E-state index in [-0.39, 0.29) is 0 Å². The van der Waals surface area contributed by atoms with Crippen molar-refractivity contribution in [3.8, 4) is 89.7 Å². The van der Waals surface area contributed by atoms with Crippen LogP contribution in [-0.2, 0) is 0 Å². The first kappa shape index (κ1) is 38.9. The van der Waals surface area contributed by atoms with Crippen molar-refractivity contribution >= 4 is 32.4 Å². The van der Waals surface area contributed by atoms with Crippen LogP contribution in [-0.4, -0.2) is 15.0 Å². The lowest BCUT2D eigenvalue weighted by Crippen LogP contribution is -1.97. The van der Waals surface area contributed by atoms with Crippen LogP contribution in [0.25, 0.3) is 122 Å². The second-order valence-corrected chi connectivity index (χ2v) is 16.7. The third-order valence-electron chi connectivity index (χ3n) is 12.7. The molecule has 0 aliphatic carbocycles.